The van der Waals surface area contributed by atoms with Crippen molar-refractivity contribution in [1.29, 1.82) is 0 Å². The number of hydrogen-bond donors (Lipinski definition) is 5. The monoisotopic (exact) mass is 1150 g/mol. The van der Waals surface area contributed by atoms with Crippen molar-refractivity contribution in [3.05, 3.63) is 117 Å². The van der Waals surface area contributed by atoms with Gasteiger partial charge in [-0.05, 0) is 104 Å². The van der Waals surface area contributed by atoms with Crippen molar-refractivity contribution in [2.75, 3.05) is 63.5 Å². The number of H-pyrrole nitrogens is 1. The summed E-state index contributed by atoms with van der Waals surface area (Å²) in [5, 5.41) is 20.2. The van der Waals surface area contributed by atoms with Crippen LogP contribution in [0.1, 0.15) is 85.6 Å². The number of thiazole rings is 1. The summed E-state index contributed by atoms with van der Waals surface area (Å²) in [6.07, 6.45) is 8.05. The number of carbonyl (C=O) groups is 4. The molecule has 3 fully saturated rings. The Bertz CT molecular complexity index is 3580. The fourth-order valence-corrected chi connectivity index (χ4v) is 13.7. The molecule has 0 bridgehead atoms. The summed E-state index contributed by atoms with van der Waals surface area (Å²) in [5.41, 5.74) is 6.25. The number of aromatic nitrogens is 4. The maximum Gasteiger partial charge on any atom is 0.274 e. The maximum absolute atomic E-state index is 15.7. The number of sulfone groups is 1. The predicted octanol–water partition coefficient (Wildman–Crippen LogP) is 5.55. The number of benzene rings is 2. The Kier molecular flexibility index (Phi) is 16.1. The number of β-amino-alcohol motifs (C(OH)–C–C–N with tert-alkyl or cyclic N) is 1. The molecular weight excluding hydrogens is 1080 g/mol. The van der Waals surface area contributed by atoms with E-state index in [9.17, 15) is 41.9 Å². The van der Waals surface area contributed by atoms with E-state index in [1.54, 1.807) is 36.8 Å². The number of amides is 4. The van der Waals surface area contributed by atoms with Crippen LogP contribution in [0.3, 0.4) is 0 Å². The van der Waals surface area contributed by atoms with Gasteiger partial charge in [-0.2, -0.15) is 0 Å². The Balaban J connectivity index is 0.732. The number of hydrogen-bond acceptors (Lipinski definition) is 14. The zero-order valence-electron chi connectivity index (χ0n) is 46.4. The predicted molar refractivity (Wildman–Crippen MR) is 305 cm³/mol. The molecule has 4 aliphatic rings. The van der Waals surface area contributed by atoms with Gasteiger partial charge in [-0.1, -0.05) is 45.0 Å². The fourth-order valence-electron chi connectivity index (χ4n) is 12.0. The van der Waals surface area contributed by atoms with Crippen molar-refractivity contribution >= 4 is 67.2 Å². The molecule has 1 spiro atoms. The molecule has 19 nitrogen and oxygen atoms in total. The molecule has 6 aromatic rings. The Morgan fingerprint density at radius 3 is 2.32 bits per heavy atom. The van der Waals surface area contributed by atoms with Gasteiger partial charge in [0.05, 0.1) is 52.9 Å². The first-order chi connectivity index (χ1) is 38.4. The number of piperidine rings is 2. The number of likely N-dealkylation sites (tertiary alicyclic amines) is 3. The average Bonchev–Trinajstić information content (AvgIpc) is 3.10. The molecule has 23 heteroatoms. The molecule has 5 N–H and O–H groups in total. The first-order valence-electron chi connectivity index (χ1n) is 27.4. The molecule has 4 amide bonds. The second-order valence-corrected chi connectivity index (χ2v) is 26.5. The number of nitrogens with one attached hydrogen (secondary N) is 4. The van der Waals surface area contributed by atoms with Gasteiger partial charge in [0.15, 0.2) is 21.5 Å². The molecular formula is C58H69F2N11O8S2. The minimum Gasteiger partial charge on any atom is -0.391 e. The van der Waals surface area contributed by atoms with Gasteiger partial charge in [0.25, 0.3) is 11.5 Å². The third-order valence-corrected chi connectivity index (χ3v) is 18.4. The highest BCUT2D eigenvalue weighted by molar-refractivity contribution is 7.89. The van der Waals surface area contributed by atoms with Crippen LogP contribution < -0.4 is 26.4 Å². The lowest BCUT2D eigenvalue weighted by Crippen LogP contribution is -2.59. The zero-order chi connectivity index (χ0) is 57.7. The third kappa shape index (κ3) is 12.3. The number of pyridine rings is 2. The number of halogens is 2. The van der Waals surface area contributed by atoms with Crippen LogP contribution >= 0.6 is 11.3 Å². The Morgan fingerprint density at radius 1 is 0.963 bits per heavy atom. The number of fused-ring (bicyclic) bond motifs is 2. The van der Waals surface area contributed by atoms with Gasteiger partial charge < -0.3 is 45.3 Å². The molecule has 3 atom stereocenters. The number of aliphatic hydroxyl groups is 1. The zero-order valence-corrected chi connectivity index (χ0v) is 48.0. The summed E-state index contributed by atoms with van der Waals surface area (Å²) in [5.74, 6) is -4.13. The Hall–Kier alpha value is -6.92. The van der Waals surface area contributed by atoms with E-state index in [-0.39, 0.29) is 78.9 Å². The van der Waals surface area contributed by atoms with E-state index in [1.165, 1.54) is 20.4 Å². The second kappa shape index (κ2) is 22.8. The summed E-state index contributed by atoms with van der Waals surface area (Å²) in [7, 11) is -2.10. The van der Waals surface area contributed by atoms with Crippen LogP contribution in [0.2, 0.25) is 0 Å². The van der Waals surface area contributed by atoms with Crippen LogP contribution in [-0.2, 0) is 50.1 Å². The average molecular weight is 1150 g/mol. The van der Waals surface area contributed by atoms with Crippen molar-refractivity contribution in [1.82, 2.24) is 50.2 Å². The normalized spacial score (nSPS) is 18.9. The lowest BCUT2D eigenvalue weighted by atomic mass is 9.71. The highest BCUT2D eigenvalue weighted by Crippen LogP contribution is 2.46. The first kappa shape index (κ1) is 57.3. The number of carbonyl (C=O) groups excluding carboxylic acids is 4. The van der Waals surface area contributed by atoms with Crippen LogP contribution in [0.5, 0.6) is 0 Å². The SMILES string of the molecule is Cc1ncsc1-c1ccc(CNC(=O)[C@@H]2C[C@@H](O)CN2C(=O)[C@@H](NC(=O)CN2CCC3(CCN(CCNC(=O)c4cc5c(cc4CS(C)(=O)=O)-c4cn(C)c(=O)c6[nH]cc(c46)CN5c4ncc(F)cc4F)CC3)CC2)C(C)(C)C)cc1. The summed E-state index contributed by atoms with van der Waals surface area (Å²) >= 11 is 1.57. The van der Waals surface area contributed by atoms with Crippen molar-refractivity contribution < 1.29 is 41.5 Å². The largest absolute Gasteiger partial charge is 0.391 e. The summed E-state index contributed by atoms with van der Waals surface area (Å²) in [6.45, 7) is 11.6. The van der Waals surface area contributed by atoms with E-state index >= 15 is 4.39 Å². The van der Waals surface area contributed by atoms with E-state index in [0.29, 0.717) is 59.0 Å². The van der Waals surface area contributed by atoms with Crippen LogP contribution in [0.25, 0.3) is 32.5 Å². The molecule has 81 heavy (non-hydrogen) atoms. The number of aryl methyl sites for hydroxylation is 2. The molecule has 0 aliphatic carbocycles. The number of rotatable bonds is 15. The quantitative estimate of drug-likeness (QED) is 0.0850. The van der Waals surface area contributed by atoms with Gasteiger partial charge >= 0.3 is 0 Å². The lowest BCUT2D eigenvalue weighted by Gasteiger charge is -2.47. The summed E-state index contributed by atoms with van der Waals surface area (Å²) in [4.78, 5) is 89.1. The van der Waals surface area contributed by atoms with Crippen molar-refractivity contribution in [2.24, 2.45) is 17.9 Å². The molecule has 0 unspecified atom stereocenters. The number of aromatic amines is 1. The Labute approximate surface area is 473 Å². The van der Waals surface area contributed by atoms with Crippen molar-refractivity contribution in [2.45, 2.75) is 96.8 Å². The molecule has 0 radical (unpaired) electrons. The summed E-state index contributed by atoms with van der Waals surface area (Å²) in [6, 6.07) is 9.87. The maximum atomic E-state index is 15.7. The molecule has 2 aromatic carbocycles. The molecule has 10 rings (SSSR count). The van der Waals surface area contributed by atoms with Gasteiger partial charge in [0, 0.05) is 86.4 Å². The van der Waals surface area contributed by atoms with Gasteiger partial charge in [0.2, 0.25) is 17.7 Å². The van der Waals surface area contributed by atoms with E-state index in [1.807, 2.05) is 57.5 Å². The molecule has 4 aromatic heterocycles. The minimum absolute atomic E-state index is 0.0112. The summed E-state index contributed by atoms with van der Waals surface area (Å²) < 4.78 is 57.1. The van der Waals surface area contributed by atoms with Gasteiger partial charge in [-0.25, -0.2) is 27.2 Å². The van der Waals surface area contributed by atoms with Crippen LogP contribution in [0, 0.1) is 29.4 Å². The standard InChI is InChI=1S/C58H69F2N11O8S2/c1-34-50(80-33-65-34)36-9-7-35(8-10-36)25-64-54(75)46-23-40(72)29-71(46)56(77)51(57(2,3)4)66-47(73)31-69-18-13-58(14-19-69)11-16-68(17-12-58)20-15-61-53(74)41-24-45-42(21-37(41)32-81(6,78)79)43-30-67(5)55(76)49-48(43)38(26-62-49)28-70(45)52-44(60)22-39(59)27-63-52/h7-10,21-22,24,26-27,30,33,40,46,51,62,72H,11-20,23,25,28-29,31-32H2,1-6H3,(H,61,74)(H,64,75)(H,66,73)/t40-,46+,51-/m1/s1. The van der Waals surface area contributed by atoms with Crippen LogP contribution in [0.15, 0.2) is 71.4 Å². The molecule has 0 saturated carbocycles. The lowest BCUT2D eigenvalue weighted by molar-refractivity contribution is -0.144. The number of nitrogens with zero attached hydrogens (tertiary/aromatic N) is 7. The topological polar surface area (TPSA) is 235 Å². The van der Waals surface area contributed by atoms with Crippen LogP contribution in [-0.4, -0.2) is 148 Å². The number of aliphatic hydroxyl groups excluding tert-OH is 1. The van der Waals surface area contributed by atoms with E-state index in [0.717, 1.165) is 72.9 Å². The molecule has 4 aliphatic heterocycles. The van der Waals surface area contributed by atoms with Crippen molar-refractivity contribution in [3.8, 4) is 21.6 Å². The minimum atomic E-state index is -3.69. The first-order valence-corrected chi connectivity index (χ1v) is 30.3. The highest BCUT2D eigenvalue weighted by atomic mass is 32.2. The van der Waals surface area contributed by atoms with Gasteiger partial charge in [-0.3, -0.25) is 28.9 Å². The van der Waals surface area contributed by atoms with E-state index < -0.39 is 62.6 Å². The van der Waals surface area contributed by atoms with Crippen molar-refractivity contribution in [3.63, 3.8) is 0 Å². The Morgan fingerprint density at radius 2 is 1.67 bits per heavy atom. The van der Waals surface area contributed by atoms with Crippen LogP contribution in [0.4, 0.5) is 20.3 Å². The van der Waals surface area contributed by atoms with E-state index in [2.05, 4.69) is 40.7 Å². The third-order valence-electron chi connectivity index (χ3n) is 16.6. The van der Waals surface area contributed by atoms with E-state index in [4.69, 9.17) is 0 Å². The smallest absolute Gasteiger partial charge is 0.274 e. The molecule has 3 saturated heterocycles. The fraction of sp³-hybridized carbons (Fsp3) is 0.466. The van der Waals surface area contributed by atoms with Gasteiger partial charge in [0.1, 0.15) is 23.4 Å². The molecule has 430 valence electrons. The number of anilines is 2. The molecule has 8 heterocycles. The van der Waals surface area contributed by atoms with Gasteiger partial charge in [-0.15, -0.1) is 11.3 Å². The highest BCUT2D eigenvalue weighted by Gasteiger charge is 2.45. The second-order valence-electron chi connectivity index (χ2n) is 23.5.